The quantitative estimate of drug-likeness (QED) is 0.369. The molecule has 3 N–H and O–H groups in total. The summed E-state index contributed by atoms with van der Waals surface area (Å²) >= 11 is 0. The molecule has 3 heteroatoms. The Morgan fingerprint density at radius 2 is 2.00 bits per heavy atom. The van der Waals surface area contributed by atoms with Gasteiger partial charge in [-0.25, -0.2) is 0 Å². The van der Waals surface area contributed by atoms with Gasteiger partial charge in [0.05, 0.1) is 19.0 Å². The van der Waals surface area contributed by atoms with Crippen LogP contribution in [0.5, 0.6) is 0 Å². The highest BCUT2D eigenvalue weighted by molar-refractivity contribution is 5.76. The molecular weight excluding hydrogens is 140 g/mol. The Morgan fingerprint density at radius 3 is 2.36 bits per heavy atom. The van der Waals surface area contributed by atoms with E-state index in [1.165, 1.54) is 0 Å². The molecule has 0 aromatic heterocycles. The van der Waals surface area contributed by atoms with Crippen LogP contribution >= 0.6 is 0 Å². The van der Waals surface area contributed by atoms with Crippen LogP contribution in [0.15, 0.2) is 0 Å². The first-order chi connectivity index (χ1) is 4.92. The predicted molar refractivity (Wildman–Crippen MR) is 46.8 cm³/mol. The second-order valence-electron chi connectivity index (χ2n) is 3.89. The van der Waals surface area contributed by atoms with Crippen molar-refractivity contribution < 1.29 is 4.74 Å². The molecule has 0 fully saturated rings. The lowest BCUT2D eigenvalue weighted by Gasteiger charge is -2.17. The fraction of sp³-hybridized carbons (Fsp3) is 0.875. The zero-order chi connectivity index (χ0) is 8.91. The van der Waals surface area contributed by atoms with Crippen LogP contribution in [-0.2, 0) is 4.74 Å². The lowest BCUT2D eigenvalue weighted by Crippen LogP contribution is -2.18. The standard InChI is InChI=1S/C8H18N2O/c1-8(2,3)6-11-5-4-7(9)10/h4-6H2,1-3H3,(H3,9,10). The Bertz CT molecular complexity index is 127. The van der Waals surface area contributed by atoms with E-state index in [2.05, 4.69) is 20.8 Å². The number of ether oxygens (including phenoxy) is 1. The van der Waals surface area contributed by atoms with Crippen LogP contribution in [0.4, 0.5) is 0 Å². The van der Waals surface area contributed by atoms with E-state index in [1.54, 1.807) is 0 Å². The Hall–Kier alpha value is -0.570. The number of rotatable bonds is 4. The van der Waals surface area contributed by atoms with E-state index >= 15 is 0 Å². The smallest absolute Gasteiger partial charge is 0.0928 e. The predicted octanol–water partition coefficient (Wildman–Crippen LogP) is 1.38. The number of hydrogen-bond acceptors (Lipinski definition) is 2. The second-order valence-corrected chi connectivity index (χ2v) is 3.89. The largest absolute Gasteiger partial charge is 0.388 e. The van der Waals surface area contributed by atoms with E-state index in [0.29, 0.717) is 13.0 Å². The Balaban J connectivity index is 3.22. The molecule has 0 aliphatic rings. The number of nitrogens with two attached hydrogens (primary N) is 1. The van der Waals surface area contributed by atoms with Crippen LogP contribution in [-0.4, -0.2) is 19.0 Å². The molecule has 0 spiro atoms. The molecular formula is C8H18N2O. The van der Waals surface area contributed by atoms with Crippen molar-refractivity contribution in [3.05, 3.63) is 0 Å². The zero-order valence-electron chi connectivity index (χ0n) is 7.61. The fourth-order valence-corrected chi connectivity index (χ4v) is 0.560. The number of hydrogen-bond donors (Lipinski definition) is 2. The molecule has 0 atom stereocenters. The van der Waals surface area contributed by atoms with Gasteiger partial charge in [-0.05, 0) is 5.41 Å². The monoisotopic (exact) mass is 158 g/mol. The van der Waals surface area contributed by atoms with Gasteiger partial charge in [0.25, 0.3) is 0 Å². The van der Waals surface area contributed by atoms with Gasteiger partial charge in [0.2, 0.25) is 0 Å². The van der Waals surface area contributed by atoms with Gasteiger partial charge >= 0.3 is 0 Å². The lowest BCUT2D eigenvalue weighted by atomic mass is 9.99. The molecule has 0 saturated heterocycles. The second kappa shape index (κ2) is 4.34. The van der Waals surface area contributed by atoms with Gasteiger partial charge in [-0.3, -0.25) is 5.41 Å². The van der Waals surface area contributed by atoms with E-state index < -0.39 is 0 Å². The van der Waals surface area contributed by atoms with Crippen molar-refractivity contribution in [2.75, 3.05) is 13.2 Å². The summed E-state index contributed by atoms with van der Waals surface area (Å²) in [5.41, 5.74) is 5.35. The minimum absolute atomic E-state index is 0.193. The van der Waals surface area contributed by atoms with Crippen LogP contribution < -0.4 is 5.73 Å². The molecule has 11 heavy (non-hydrogen) atoms. The lowest BCUT2D eigenvalue weighted by molar-refractivity contribution is 0.0759. The summed E-state index contributed by atoms with van der Waals surface area (Å²) in [4.78, 5) is 0. The van der Waals surface area contributed by atoms with Crippen molar-refractivity contribution in [3.8, 4) is 0 Å². The molecule has 0 bridgehead atoms. The first-order valence-electron chi connectivity index (χ1n) is 3.82. The minimum Gasteiger partial charge on any atom is -0.388 e. The summed E-state index contributed by atoms with van der Waals surface area (Å²) in [6.07, 6.45) is 0.538. The molecule has 0 saturated carbocycles. The average Bonchev–Trinajstić information content (AvgIpc) is 1.78. The molecule has 0 radical (unpaired) electrons. The molecule has 0 aromatic carbocycles. The summed E-state index contributed by atoms with van der Waals surface area (Å²) in [5.74, 6) is 0.193. The highest BCUT2D eigenvalue weighted by Gasteiger charge is 2.09. The van der Waals surface area contributed by atoms with E-state index in [0.717, 1.165) is 6.61 Å². The summed E-state index contributed by atoms with van der Waals surface area (Å²) in [6, 6.07) is 0. The van der Waals surface area contributed by atoms with Crippen molar-refractivity contribution in [3.63, 3.8) is 0 Å². The maximum Gasteiger partial charge on any atom is 0.0928 e. The van der Waals surface area contributed by atoms with Gasteiger partial charge < -0.3 is 10.5 Å². The molecule has 0 aromatic rings. The van der Waals surface area contributed by atoms with Gasteiger partial charge in [0.1, 0.15) is 0 Å². The van der Waals surface area contributed by atoms with E-state index in [4.69, 9.17) is 15.9 Å². The van der Waals surface area contributed by atoms with Crippen molar-refractivity contribution in [2.45, 2.75) is 27.2 Å². The molecule has 3 nitrogen and oxygen atoms in total. The molecule has 0 unspecified atom stereocenters. The van der Waals surface area contributed by atoms with Crippen LogP contribution in [0.3, 0.4) is 0 Å². The summed E-state index contributed by atoms with van der Waals surface area (Å²) < 4.78 is 5.29. The van der Waals surface area contributed by atoms with Gasteiger partial charge in [-0.15, -0.1) is 0 Å². The van der Waals surface area contributed by atoms with E-state index in [-0.39, 0.29) is 11.3 Å². The summed E-state index contributed by atoms with van der Waals surface area (Å²) in [7, 11) is 0. The highest BCUT2D eigenvalue weighted by Crippen LogP contribution is 2.12. The normalized spacial score (nSPS) is 11.5. The fourth-order valence-electron chi connectivity index (χ4n) is 0.560. The Morgan fingerprint density at radius 1 is 1.45 bits per heavy atom. The SMILES string of the molecule is CC(C)(C)COCCC(=N)N. The van der Waals surface area contributed by atoms with Crippen LogP contribution in [0.1, 0.15) is 27.2 Å². The average molecular weight is 158 g/mol. The highest BCUT2D eigenvalue weighted by atomic mass is 16.5. The van der Waals surface area contributed by atoms with Crippen molar-refractivity contribution in [1.82, 2.24) is 0 Å². The van der Waals surface area contributed by atoms with Crippen molar-refractivity contribution in [2.24, 2.45) is 11.1 Å². The third-order valence-electron chi connectivity index (χ3n) is 1.05. The maximum atomic E-state index is 6.93. The molecule has 0 aliphatic heterocycles. The topological polar surface area (TPSA) is 59.1 Å². The van der Waals surface area contributed by atoms with E-state index in [9.17, 15) is 0 Å². The molecule has 0 rings (SSSR count). The molecule has 0 amide bonds. The molecule has 0 aliphatic carbocycles. The minimum atomic E-state index is 0.193. The molecule has 66 valence electrons. The third kappa shape index (κ3) is 9.43. The first kappa shape index (κ1) is 10.4. The zero-order valence-corrected chi connectivity index (χ0v) is 7.61. The maximum absolute atomic E-state index is 6.93. The van der Waals surface area contributed by atoms with Crippen LogP contribution in [0.2, 0.25) is 0 Å². The van der Waals surface area contributed by atoms with Crippen molar-refractivity contribution in [1.29, 1.82) is 5.41 Å². The van der Waals surface area contributed by atoms with Gasteiger partial charge in [0.15, 0.2) is 0 Å². The first-order valence-corrected chi connectivity index (χ1v) is 3.82. The molecule has 0 heterocycles. The van der Waals surface area contributed by atoms with E-state index in [1.807, 2.05) is 0 Å². The third-order valence-corrected chi connectivity index (χ3v) is 1.05. The van der Waals surface area contributed by atoms with Crippen LogP contribution in [0, 0.1) is 10.8 Å². The Labute approximate surface area is 68.4 Å². The van der Waals surface area contributed by atoms with Gasteiger partial charge in [0, 0.05) is 6.42 Å². The van der Waals surface area contributed by atoms with Gasteiger partial charge in [-0.1, -0.05) is 20.8 Å². The summed E-state index contributed by atoms with van der Waals surface area (Å²) in [6.45, 7) is 7.62. The Kier molecular flexibility index (Phi) is 4.11. The summed E-state index contributed by atoms with van der Waals surface area (Å²) in [5, 5.41) is 6.93. The number of nitrogens with one attached hydrogen (secondary N) is 1. The van der Waals surface area contributed by atoms with Crippen LogP contribution in [0.25, 0.3) is 0 Å². The van der Waals surface area contributed by atoms with Gasteiger partial charge in [-0.2, -0.15) is 0 Å². The number of amidine groups is 1. The van der Waals surface area contributed by atoms with Crippen molar-refractivity contribution >= 4 is 5.84 Å².